The molecule has 3 aromatic rings. The zero-order chi connectivity index (χ0) is 24.9. The van der Waals surface area contributed by atoms with Crippen LogP contribution in [0.15, 0.2) is 66.7 Å². The van der Waals surface area contributed by atoms with Crippen molar-refractivity contribution in [2.75, 3.05) is 19.8 Å². The normalized spacial score (nSPS) is 24.8. The number of amides is 1. The fraction of sp³-hybridized carbons (Fsp3) is 0.367. The SMILES string of the molecule is Cc1cccc(CC2(O)CC3COCC(C2)N3C(=O)OCC2c3ccccc3-c3ccccc32)c1F. The molecule has 2 saturated heterocycles. The van der Waals surface area contributed by atoms with Crippen LogP contribution in [0.1, 0.15) is 41.0 Å². The van der Waals surface area contributed by atoms with Crippen LogP contribution in [-0.4, -0.2) is 53.6 Å². The Bertz CT molecular complexity index is 1250. The lowest BCUT2D eigenvalue weighted by Crippen LogP contribution is -2.64. The summed E-state index contributed by atoms with van der Waals surface area (Å²) in [6, 6.07) is 21.2. The number of aliphatic hydroxyl groups is 1. The van der Waals surface area contributed by atoms with Crippen LogP contribution >= 0.6 is 0 Å². The molecule has 0 aromatic heterocycles. The van der Waals surface area contributed by atoms with Gasteiger partial charge in [0, 0.05) is 12.3 Å². The topological polar surface area (TPSA) is 59.0 Å². The molecule has 186 valence electrons. The molecule has 1 N–H and O–H groups in total. The average molecular weight is 488 g/mol. The Morgan fingerprint density at radius 1 is 1.00 bits per heavy atom. The maximum absolute atomic E-state index is 14.7. The van der Waals surface area contributed by atoms with E-state index in [1.165, 1.54) is 22.3 Å². The van der Waals surface area contributed by atoms with E-state index in [9.17, 15) is 14.3 Å². The van der Waals surface area contributed by atoms with Gasteiger partial charge in [-0.1, -0.05) is 66.7 Å². The number of carbonyl (C=O) groups is 1. The molecule has 0 spiro atoms. The van der Waals surface area contributed by atoms with Gasteiger partial charge < -0.3 is 14.6 Å². The molecule has 1 aliphatic carbocycles. The van der Waals surface area contributed by atoms with Crippen LogP contribution < -0.4 is 0 Å². The molecule has 0 radical (unpaired) electrons. The summed E-state index contributed by atoms with van der Waals surface area (Å²) in [6.45, 7) is 2.65. The van der Waals surface area contributed by atoms with Gasteiger partial charge in [0.25, 0.3) is 0 Å². The number of fused-ring (bicyclic) bond motifs is 5. The smallest absolute Gasteiger partial charge is 0.410 e. The number of benzene rings is 3. The Labute approximate surface area is 210 Å². The summed E-state index contributed by atoms with van der Waals surface area (Å²) >= 11 is 0. The second kappa shape index (κ2) is 9.02. The second-order valence-corrected chi connectivity index (χ2v) is 10.4. The summed E-state index contributed by atoms with van der Waals surface area (Å²) in [5, 5.41) is 11.5. The number of ether oxygens (including phenoxy) is 2. The number of hydrogen-bond acceptors (Lipinski definition) is 4. The third-order valence-electron chi connectivity index (χ3n) is 7.98. The number of nitrogens with zero attached hydrogens (tertiary/aromatic N) is 1. The van der Waals surface area contributed by atoms with E-state index in [2.05, 4.69) is 24.3 Å². The van der Waals surface area contributed by atoms with Crippen LogP contribution in [-0.2, 0) is 15.9 Å². The first kappa shape index (κ1) is 23.2. The van der Waals surface area contributed by atoms with Crippen LogP contribution in [0.5, 0.6) is 0 Å². The lowest BCUT2D eigenvalue weighted by Gasteiger charge is -2.51. The van der Waals surface area contributed by atoms with E-state index in [0.717, 1.165) is 0 Å². The maximum Gasteiger partial charge on any atom is 0.410 e. The Morgan fingerprint density at radius 2 is 1.61 bits per heavy atom. The van der Waals surface area contributed by atoms with Crippen molar-refractivity contribution >= 4 is 6.09 Å². The van der Waals surface area contributed by atoms with E-state index in [0.29, 0.717) is 37.2 Å². The van der Waals surface area contributed by atoms with E-state index in [-0.39, 0.29) is 42.9 Å². The third kappa shape index (κ3) is 3.98. The van der Waals surface area contributed by atoms with Gasteiger partial charge in [-0.2, -0.15) is 0 Å². The number of piperidine rings is 1. The average Bonchev–Trinajstić information content (AvgIpc) is 3.18. The van der Waals surface area contributed by atoms with Crippen molar-refractivity contribution in [1.82, 2.24) is 4.90 Å². The molecule has 3 aromatic carbocycles. The molecule has 5 nitrogen and oxygen atoms in total. The first-order valence-electron chi connectivity index (χ1n) is 12.6. The van der Waals surface area contributed by atoms with Crippen LogP contribution in [0.25, 0.3) is 11.1 Å². The van der Waals surface area contributed by atoms with Gasteiger partial charge in [-0.3, -0.25) is 4.90 Å². The van der Waals surface area contributed by atoms with Gasteiger partial charge >= 0.3 is 6.09 Å². The minimum Gasteiger partial charge on any atom is -0.448 e. The van der Waals surface area contributed by atoms with Crippen LogP contribution in [0.4, 0.5) is 9.18 Å². The maximum atomic E-state index is 14.7. The molecule has 2 aliphatic heterocycles. The Hall–Kier alpha value is -3.22. The molecule has 6 heteroatoms. The standard InChI is InChI=1S/C30H30FNO4/c1-19-7-6-8-20(28(19)31)13-30(34)14-21-16-35-17-22(15-30)32(21)29(33)36-18-27-25-11-4-2-9-23(25)24-10-3-5-12-26(24)27/h2-12,21-22,27,34H,13-18H2,1H3. The van der Waals surface area contributed by atoms with Gasteiger partial charge in [0.05, 0.1) is 30.9 Å². The predicted octanol–water partition coefficient (Wildman–Crippen LogP) is 5.22. The molecule has 2 unspecified atom stereocenters. The van der Waals surface area contributed by atoms with Crippen LogP contribution in [0.2, 0.25) is 0 Å². The van der Waals surface area contributed by atoms with E-state index in [1.54, 1.807) is 24.0 Å². The minimum atomic E-state index is -1.10. The van der Waals surface area contributed by atoms with E-state index >= 15 is 0 Å². The highest BCUT2D eigenvalue weighted by molar-refractivity contribution is 5.79. The summed E-state index contributed by atoms with van der Waals surface area (Å²) in [7, 11) is 0. The third-order valence-corrected chi connectivity index (χ3v) is 7.98. The van der Waals surface area contributed by atoms with Gasteiger partial charge in [0.15, 0.2) is 0 Å². The quantitative estimate of drug-likeness (QED) is 0.548. The highest BCUT2D eigenvalue weighted by Crippen LogP contribution is 2.45. The van der Waals surface area contributed by atoms with Crippen molar-refractivity contribution in [3.63, 3.8) is 0 Å². The fourth-order valence-electron chi connectivity index (χ4n) is 6.38. The monoisotopic (exact) mass is 487 g/mol. The first-order chi connectivity index (χ1) is 17.4. The summed E-state index contributed by atoms with van der Waals surface area (Å²) in [5.41, 5.74) is 4.68. The number of rotatable bonds is 4. The minimum absolute atomic E-state index is 0.0107. The van der Waals surface area contributed by atoms with Gasteiger partial charge in [0.2, 0.25) is 0 Å². The number of carbonyl (C=O) groups excluding carboxylic acids is 1. The van der Waals surface area contributed by atoms with Crippen LogP contribution in [0.3, 0.4) is 0 Å². The van der Waals surface area contributed by atoms with Crippen LogP contribution in [0, 0.1) is 12.7 Å². The van der Waals surface area contributed by atoms with Gasteiger partial charge in [-0.15, -0.1) is 0 Å². The molecule has 1 amide bonds. The molecule has 6 rings (SSSR count). The van der Waals surface area contributed by atoms with Gasteiger partial charge in [-0.05, 0) is 53.1 Å². The molecule has 0 saturated carbocycles. The van der Waals surface area contributed by atoms with E-state index < -0.39 is 5.60 Å². The predicted molar refractivity (Wildman–Crippen MR) is 134 cm³/mol. The van der Waals surface area contributed by atoms with Crippen molar-refractivity contribution in [2.45, 2.75) is 49.8 Å². The summed E-state index contributed by atoms with van der Waals surface area (Å²) in [5.74, 6) is -0.283. The largest absolute Gasteiger partial charge is 0.448 e. The Balaban J connectivity index is 1.18. The number of aryl methyl sites for hydroxylation is 1. The van der Waals surface area contributed by atoms with Gasteiger partial charge in [-0.25, -0.2) is 9.18 Å². The lowest BCUT2D eigenvalue weighted by molar-refractivity contribution is -0.132. The van der Waals surface area contributed by atoms with E-state index in [4.69, 9.17) is 9.47 Å². The van der Waals surface area contributed by atoms with Crippen molar-refractivity contribution in [2.24, 2.45) is 0 Å². The number of halogens is 1. The lowest BCUT2D eigenvalue weighted by atomic mass is 9.77. The number of morpholine rings is 1. The van der Waals surface area contributed by atoms with Crippen molar-refractivity contribution in [3.05, 3.63) is 94.8 Å². The highest BCUT2D eigenvalue weighted by atomic mass is 19.1. The van der Waals surface area contributed by atoms with Gasteiger partial charge in [0.1, 0.15) is 12.4 Å². The molecular formula is C30H30FNO4. The van der Waals surface area contributed by atoms with E-state index in [1.807, 2.05) is 30.3 Å². The Morgan fingerprint density at radius 3 is 2.25 bits per heavy atom. The molecular weight excluding hydrogens is 457 g/mol. The van der Waals surface area contributed by atoms with Crippen molar-refractivity contribution < 1.29 is 23.8 Å². The van der Waals surface area contributed by atoms with Crippen molar-refractivity contribution in [3.8, 4) is 11.1 Å². The molecule has 36 heavy (non-hydrogen) atoms. The fourth-order valence-corrected chi connectivity index (χ4v) is 6.38. The van der Waals surface area contributed by atoms with Crippen molar-refractivity contribution in [1.29, 1.82) is 0 Å². The highest BCUT2D eigenvalue weighted by Gasteiger charge is 2.49. The molecule has 2 heterocycles. The summed E-state index contributed by atoms with van der Waals surface area (Å²) in [6.07, 6.45) is 0.479. The molecule has 3 aliphatic rings. The second-order valence-electron chi connectivity index (χ2n) is 10.4. The summed E-state index contributed by atoms with van der Waals surface area (Å²) < 4.78 is 26.3. The molecule has 2 atom stereocenters. The molecule has 2 fully saturated rings. The zero-order valence-corrected chi connectivity index (χ0v) is 20.3. The number of hydrogen-bond donors (Lipinski definition) is 1. The first-order valence-corrected chi connectivity index (χ1v) is 12.6. The Kier molecular flexibility index (Phi) is 5.81. The summed E-state index contributed by atoms with van der Waals surface area (Å²) in [4.78, 5) is 15.1. The zero-order valence-electron chi connectivity index (χ0n) is 20.3. The molecule has 2 bridgehead atoms.